The zero-order valence-corrected chi connectivity index (χ0v) is 8.87. The van der Waals surface area contributed by atoms with Crippen molar-refractivity contribution in [3.63, 3.8) is 0 Å². The fourth-order valence-corrected chi connectivity index (χ4v) is 0.610. The van der Waals surface area contributed by atoms with Crippen molar-refractivity contribution in [1.82, 2.24) is 0 Å². The topological polar surface area (TPSA) is 64.4 Å². The van der Waals surface area contributed by atoms with E-state index in [4.69, 9.17) is 11.5 Å². The van der Waals surface area contributed by atoms with E-state index < -0.39 is 0 Å². The predicted molar refractivity (Wildman–Crippen MR) is 60.7 cm³/mol. The minimum atomic E-state index is 0.855. The van der Waals surface area contributed by atoms with Crippen molar-refractivity contribution in [2.75, 3.05) is 6.54 Å². The molecule has 0 radical (unpaired) electrons. The van der Waals surface area contributed by atoms with E-state index in [9.17, 15) is 0 Å². The molecule has 0 rings (SSSR count). The van der Waals surface area contributed by atoms with Crippen molar-refractivity contribution >= 4 is 6.34 Å². The first-order chi connectivity index (χ1) is 6.33. The summed E-state index contributed by atoms with van der Waals surface area (Å²) in [6.45, 7) is 5.08. The third-order valence-corrected chi connectivity index (χ3v) is 1.32. The first-order valence-corrected chi connectivity index (χ1v) is 4.91. The summed E-state index contributed by atoms with van der Waals surface area (Å²) in [5, 5.41) is 0. The molecule has 3 nitrogen and oxygen atoms in total. The lowest BCUT2D eigenvalue weighted by molar-refractivity contribution is 0.727. The van der Waals surface area contributed by atoms with Gasteiger partial charge in [0.2, 0.25) is 0 Å². The molecule has 0 aromatic carbocycles. The van der Waals surface area contributed by atoms with Gasteiger partial charge in [0.25, 0.3) is 0 Å². The number of aliphatic imine (C=N–C) groups is 1. The SMILES string of the molecule is CCC=CN=CN.CCCCCN. The van der Waals surface area contributed by atoms with Gasteiger partial charge >= 0.3 is 0 Å². The summed E-state index contributed by atoms with van der Waals surface area (Å²) in [5.41, 5.74) is 10.1. The van der Waals surface area contributed by atoms with E-state index in [1.165, 1.54) is 25.6 Å². The molecule has 4 N–H and O–H groups in total. The van der Waals surface area contributed by atoms with Crippen molar-refractivity contribution in [2.45, 2.75) is 39.5 Å². The van der Waals surface area contributed by atoms with Crippen LogP contribution in [0.15, 0.2) is 17.3 Å². The fourth-order valence-electron chi connectivity index (χ4n) is 0.610. The van der Waals surface area contributed by atoms with E-state index in [0.29, 0.717) is 0 Å². The maximum absolute atomic E-state index is 5.21. The summed E-state index contributed by atoms with van der Waals surface area (Å²) < 4.78 is 0. The fraction of sp³-hybridized carbons (Fsp3) is 0.700. The van der Waals surface area contributed by atoms with Gasteiger partial charge in [0.05, 0.1) is 6.34 Å². The molecule has 3 heteroatoms. The van der Waals surface area contributed by atoms with Gasteiger partial charge in [0, 0.05) is 6.20 Å². The molecule has 13 heavy (non-hydrogen) atoms. The Hall–Kier alpha value is -0.830. The van der Waals surface area contributed by atoms with Crippen LogP contribution in [0.25, 0.3) is 0 Å². The first-order valence-electron chi connectivity index (χ1n) is 4.91. The summed E-state index contributed by atoms with van der Waals surface area (Å²) >= 11 is 0. The number of nitrogens with zero attached hydrogens (tertiary/aromatic N) is 1. The molecule has 0 aliphatic heterocycles. The number of unbranched alkanes of at least 4 members (excludes halogenated alkanes) is 2. The zero-order valence-electron chi connectivity index (χ0n) is 8.87. The lowest BCUT2D eigenvalue weighted by atomic mass is 10.3. The lowest BCUT2D eigenvalue weighted by Gasteiger charge is -1.86. The van der Waals surface area contributed by atoms with Gasteiger partial charge in [-0.2, -0.15) is 0 Å². The average Bonchev–Trinajstić information content (AvgIpc) is 2.17. The normalized spacial score (nSPS) is 10.4. The largest absolute Gasteiger partial charge is 0.390 e. The highest BCUT2D eigenvalue weighted by molar-refractivity contribution is 5.52. The zero-order chi connectivity index (χ0) is 10.4. The van der Waals surface area contributed by atoms with Crippen LogP contribution in [0.1, 0.15) is 39.5 Å². The van der Waals surface area contributed by atoms with Gasteiger partial charge in [0.1, 0.15) is 0 Å². The molecule has 0 unspecified atom stereocenters. The van der Waals surface area contributed by atoms with Gasteiger partial charge in [-0.3, -0.25) is 0 Å². The molecule has 0 heterocycles. The monoisotopic (exact) mass is 185 g/mol. The van der Waals surface area contributed by atoms with Gasteiger partial charge in [-0.15, -0.1) is 0 Å². The minimum Gasteiger partial charge on any atom is -0.390 e. The Morgan fingerprint density at radius 3 is 2.23 bits per heavy atom. The third-order valence-electron chi connectivity index (χ3n) is 1.32. The highest BCUT2D eigenvalue weighted by Crippen LogP contribution is 1.88. The Morgan fingerprint density at radius 1 is 1.23 bits per heavy atom. The molecule has 0 aliphatic rings. The summed E-state index contributed by atoms with van der Waals surface area (Å²) in [5.74, 6) is 0. The van der Waals surface area contributed by atoms with Crippen molar-refractivity contribution in [3.05, 3.63) is 12.3 Å². The molecular weight excluding hydrogens is 162 g/mol. The van der Waals surface area contributed by atoms with Crippen LogP contribution in [0.2, 0.25) is 0 Å². The summed E-state index contributed by atoms with van der Waals surface area (Å²) in [6, 6.07) is 0. The second kappa shape index (κ2) is 17.3. The van der Waals surface area contributed by atoms with E-state index in [-0.39, 0.29) is 0 Å². The Bertz CT molecular complexity index is 115. The molecule has 0 aromatic heterocycles. The Kier molecular flexibility index (Phi) is 19.5. The van der Waals surface area contributed by atoms with Crippen molar-refractivity contribution in [2.24, 2.45) is 16.5 Å². The number of hydrogen-bond donors (Lipinski definition) is 2. The van der Waals surface area contributed by atoms with Crippen LogP contribution < -0.4 is 11.5 Å². The van der Waals surface area contributed by atoms with Crippen LogP contribution in [0.3, 0.4) is 0 Å². The molecule has 0 aromatic rings. The van der Waals surface area contributed by atoms with E-state index in [0.717, 1.165) is 13.0 Å². The second-order valence-corrected chi connectivity index (χ2v) is 2.59. The molecule has 0 saturated carbocycles. The van der Waals surface area contributed by atoms with Crippen molar-refractivity contribution in [3.8, 4) is 0 Å². The second-order valence-electron chi connectivity index (χ2n) is 2.59. The Labute approximate surface area is 81.9 Å². The molecule has 0 fully saturated rings. The number of allylic oxidation sites excluding steroid dienone is 1. The van der Waals surface area contributed by atoms with Crippen molar-refractivity contribution < 1.29 is 0 Å². The molecule has 0 saturated heterocycles. The molecule has 78 valence electrons. The highest BCUT2D eigenvalue weighted by atomic mass is 14.8. The number of hydrogen-bond acceptors (Lipinski definition) is 2. The van der Waals surface area contributed by atoms with Gasteiger partial charge in [0.15, 0.2) is 0 Å². The van der Waals surface area contributed by atoms with Crippen LogP contribution in [0.4, 0.5) is 0 Å². The van der Waals surface area contributed by atoms with Crippen LogP contribution in [-0.4, -0.2) is 12.9 Å². The smallest absolute Gasteiger partial charge is 0.0852 e. The van der Waals surface area contributed by atoms with Crippen LogP contribution in [0, 0.1) is 0 Å². The van der Waals surface area contributed by atoms with Gasteiger partial charge < -0.3 is 11.5 Å². The number of rotatable bonds is 5. The first kappa shape index (κ1) is 14.7. The van der Waals surface area contributed by atoms with E-state index in [2.05, 4.69) is 11.9 Å². The third kappa shape index (κ3) is 24.7. The quantitative estimate of drug-likeness (QED) is 0.391. The molecule has 0 aliphatic carbocycles. The van der Waals surface area contributed by atoms with Crippen molar-refractivity contribution in [1.29, 1.82) is 0 Å². The van der Waals surface area contributed by atoms with Crippen LogP contribution >= 0.6 is 0 Å². The van der Waals surface area contributed by atoms with Crippen LogP contribution in [-0.2, 0) is 0 Å². The maximum Gasteiger partial charge on any atom is 0.0852 e. The summed E-state index contributed by atoms with van der Waals surface area (Å²) in [6.07, 6.45) is 9.65. The van der Waals surface area contributed by atoms with Gasteiger partial charge in [-0.1, -0.05) is 32.8 Å². The van der Waals surface area contributed by atoms with E-state index in [1.54, 1.807) is 6.20 Å². The van der Waals surface area contributed by atoms with Gasteiger partial charge in [-0.25, -0.2) is 4.99 Å². The maximum atomic E-state index is 5.21. The minimum absolute atomic E-state index is 0.855. The summed E-state index contributed by atoms with van der Waals surface area (Å²) in [4.78, 5) is 3.63. The van der Waals surface area contributed by atoms with Gasteiger partial charge in [-0.05, 0) is 19.4 Å². The van der Waals surface area contributed by atoms with E-state index >= 15 is 0 Å². The molecular formula is C10H23N3. The molecule has 0 atom stereocenters. The standard InChI is InChI=1S/C5H10N2.C5H13N/c1-2-3-4-7-5-6;1-2-3-4-5-6/h3-5H,2H2,1H3,(H2,6,7);2-6H2,1H3. The Morgan fingerprint density at radius 2 is 1.92 bits per heavy atom. The molecule has 0 bridgehead atoms. The average molecular weight is 185 g/mol. The Balaban J connectivity index is 0. The number of nitrogens with two attached hydrogens (primary N) is 2. The summed E-state index contributed by atoms with van der Waals surface area (Å²) in [7, 11) is 0. The highest BCUT2D eigenvalue weighted by Gasteiger charge is 1.75. The molecule has 0 amide bonds. The lowest BCUT2D eigenvalue weighted by Crippen LogP contribution is -1.96. The predicted octanol–water partition coefficient (Wildman–Crippen LogP) is 2.03. The van der Waals surface area contributed by atoms with E-state index in [1.807, 2.05) is 13.0 Å². The van der Waals surface area contributed by atoms with Crippen LogP contribution in [0.5, 0.6) is 0 Å². The molecule has 0 spiro atoms.